The molecule has 148 valence electrons. The van der Waals surface area contributed by atoms with Crippen molar-refractivity contribution < 1.29 is 9.90 Å². The first-order valence-corrected chi connectivity index (χ1v) is 9.32. The summed E-state index contributed by atoms with van der Waals surface area (Å²) in [6.07, 6.45) is 5.55. The van der Waals surface area contributed by atoms with Gasteiger partial charge in [-0.1, -0.05) is 12.0 Å². The van der Waals surface area contributed by atoms with Gasteiger partial charge in [0.2, 0.25) is 0 Å². The van der Waals surface area contributed by atoms with Gasteiger partial charge in [-0.2, -0.15) is 10.2 Å². The molecule has 29 heavy (non-hydrogen) atoms. The number of nitrogens with one attached hydrogen (secondary N) is 2. The summed E-state index contributed by atoms with van der Waals surface area (Å²) in [5.74, 6) is 5.87. The molecule has 1 unspecified atom stereocenters. The summed E-state index contributed by atoms with van der Waals surface area (Å²) < 4.78 is 3.27. The highest BCUT2D eigenvalue weighted by molar-refractivity contribution is 5.97. The second-order valence-electron chi connectivity index (χ2n) is 6.70. The lowest BCUT2D eigenvalue weighted by Gasteiger charge is -2.14. The smallest absolute Gasteiger partial charge is 0.273 e. The van der Waals surface area contributed by atoms with E-state index in [1.54, 1.807) is 30.2 Å². The normalized spacial score (nSPS) is 17.0. The number of amides is 1. The van der Waals surface area contributed by atoms with E-state index in [-0.39, 0.29) is 11.6 Å². The summed E-state index contributed by atoms with van der Waals surface area (Å²) in [6.45, 7) is 0.967. The van der Waals surface area contributed by atoms with Crippen LogP contribution in [0, 0.1) is 11.8 Å². The van der Waals surface area contributed by atoms with Crippen LogP contribution in [0.3, 0.4) is 0 Å². The SMILES string of the molecule is Cn1cc2c(n1)C(=O)NCCCC#CCn1cc(cn1)-c1cccc(n1)C(O)N2. The van der Waals surface area contributed by atoms with Crippen molar-refractivity contribution in [2.24, 2.45) is 7.05 Å². The van der Waals surface area contributed by atoms with Gasteiger partial charge < -0.3 is 15.7 Å². The molecule has 4 rings (SSSR count). The number of carbonyl (C=O) groups excluding carboxylic acids is 1. The number of anilines is 1. The molecule has 4 heterocycles. The molecule has 0 saturated carbocycles. The van der Waals surface area contributed by atoms with Crippen molar-refractivity contribution in [3.8, 4) is 23.1 Å². The Morgan fingerprint density at radius 3 is 3.07 bits per heavy atom. The standard InChI is InChI=1S/C20H21N7O2/c1-26-13-17-18(25-26)20(29)21-9-4-2-3-5-10-27-12-14(11-22-27)15-7-6-8-16(23-15)19(28)24-17/h6-8,11-13,19,24,28H,2,4,9-10H2,1H3,(H,21,29). The Balaban J connectivity index is 1.68. The molecule has 4 bridgehead atoms. The van der Waals surface area contributed by atoms with E-state index in [1.807, 2.05) is 18.3 Å². The summed E-state index contributed by atoms with van der Waals surface area (Å²) in [5, 5.41) is 25.0. The molecule has 0 aliphatic carbocycles. The predicted octanol–water partition coefficient (Wildman–Crippen LogP) is 1.31. The van der Waals surface area contributed by atoms with Crippen LogP contribution in [0.5, 0.6) is 0 Å². The van der Waals surface area contributed by atoms with Crippen molar-refractivity contribution >= 4 is 11.6 Å². The average molecular weight is 391 g/mol. The highest BCUT2D eigenvalue weighted by Gasteiger charge is 2.19. The Morgan fingerprint density at radius 1 is 1.28 bits per heavy atom. The molecule has 0 saturated heterocycles. The van der Waals surface area contributed by atoms with E-state index in [4.69, 9.17) is 0 Å². The molecule has 0 fully saturated rings. The van der Waals surface area contributed by atoms with Crippen molar-refractivity contribution in [3.63, 3.8) is 0 Å². The third-order valence-electron chi connectivity index (χ3n) is 4.45. The number of hydrogen-bond donors (Lipinski definition) is 3. The fourth-order valence-corrected chi connectivity index (χ4v) is 3.02. The van der Waals surface area contributed by atoms with E-state index in [1.165, 1.54) is 4.68 Å². The number of aryl methyl sites for hydroxylation is 1. The second kappa shape index (κ2) is 8.16. The highest BCUT2D eigenvalue weighted by Crippen LogP contribution is 2.22. The van der Waals surface area contributed by atoms with Gasteiger partial charge in [-0.15, -0.1) is 5.92 Å². The fraction of sp³-hybridized carbons (Fsp3) is 0.300. The Labute approximate surface area is 167 Å². The molecule has 0 spiro atoms. The van der Waals surface area contributed by atoms with Crippen molar-refractivity contribution in [3.05, 3.63) is 48.2 Å². The van der Waals surface area contributed by atoms with E-state index in [9.17, 15) is 9.90 Å². The Morgan fingerprint density at radius 2 is 2.17 bits per heavy atom. The maximum atomic E-state index is 12.5. The van der Waals surface area contributed by atoms with Crippen LogP contribution in [-0.2, 0) is 13.6 Å². The molecule has 3 aromatic rings. The zero-order valence-electron chi connectivity index (χ0n) is 16.0. The van der Waals surface area contributed by atoms with Gasteiger partial charge in [0.05, 0.1) is 23.3 Å². The van der Waals surface area contributed by atoms with Gasteiger partial charge in [0.15, 0.2) is 11.9 Å². The fourth-order valence-electron chi connectivity index (χ4n) is 3.02. The number of hydrogen-bond acceptors (Lipinski definition) is 6. The molecule has 0 radical (unpaired) electrons. The largest absolute Gasteiger partial charge is 0.368 e. The van der Waals surface area contributed by atoms with Gasteiger partial charge in [0.25, 0.3) is 5.91 Å². The molecule has 1 atom stereocenters. The van der Waals surface area contributed by atoms with Crippen molar-refractivity contribution in [1.82, 2.24) is 29.9 Å². The number of aromatic nitrogens is 5. The number of pyridine rings is 1. The van der Waals surface area contributed by atoms with Gasteiger partial charge in [-0.3, -0.25) is 14.2 Å². The van der Waals surface area contributed by atoms with Gasteiger partial charge in [0, 0.05) is 38.0 Å². The first-order valence-electron chi connectivity index (χ1n) is 9.32. The van der Waals surface area contributed by atoms with Crippen LogP contribution < -0.4 is 10.6 Å². The molecule has 1 amide bonds. The summed E-state index contributed by atoms with van der Waals surface area (Å²) in [5.41, 5.74) is 2.59. The van der Waals surface area contributed by atoms with Gasteiger partial charge in [-0.05, 0) is 18.6 Å². The lowest BCUT2D eigenvalue weighted by molar-refractivity contribution is 0.0948. The summed E-state index contributed by atoms with van der Waals surface area (Å²) in [4.78, 5) is 17.0. The maximum Gasteiger partial charge on any atom is 0.273 e. The molecule has 1 aliphatic rings. The molecule has 0 aromatic carbocycles. The average Bonchev–Trinajstić information content (AvgIpc) is 3.33. The minimum Gasteiger partial charge on any atom is -0.368 e. The van der Waals surface area contributed by atoms with Crippen LogP contribution in [0.2, 0.25) is 0 Å². The van der Waals surface area contributed by atoms with E-state index in [0.29, 0.717) is 36.6 Å². The molecular weight excluding hydrogens is 370 g/mol. The van der Waals surface area contributed by atoms with Crippen molar-refractivity contribution in [2.45, 2.75) is 25.6 Å². The van der Waals surface area contributed by atoms with Crippen LogP contribution in [0.25, 0.3) is 11.3 Å². The minimum absolute atomic E-state index is 0.219. The molecule has 9 heteroatoms. The van der Waals surface area contributed by atoms with Gasteiger partial charge >= 0.3 is 0 Å². The van der Waals surface area contributed by atoms with E-state index < -0.39 is 6.23 Å². The minimum atomic E-state index is -1.11. The summed E-state index contributed by atoms with van der Waals surface area (Å²) in [6, 6.07) is 5.38. The predicted molar refractivity (Wildman–Crippen MR) is 107 cm³/mol. The number of rotatable bonds is 0. The van der Waals surface area contributed by atoms with E-state index >= 15 is 0 Å². The van der Waals surface area contributed by atoms with Crippen LogP contribution in [-0.4, -0.2) is 42.1 Å². The van der Waals surface area contributed by atoms with Gasteiger partial charge in [-0.25, -0.2) is 4.98 Å². The zero-order valence-corrected chi connectivity index (χ0v) is 16.0. The third-order valence-corrected chi connectivity index (χ3v) is 4.45. The molecule has 9 nitrogen and oxygen atoms in total. The van der Waals surface area contributed by atoms with Crippen molar-refractivity contribution in [2.75, 3.05) is 11.9 Å². The number of aliphatic hydroxyl groups is 1. The van der Waals surface area contributed by atoms with Crippen LogP contribution in [0.1, 0.15) is 35.3 Å². The quantitative estimate of drug-likeness (QED) is 0.499. The Hall–Kier alpha value is -3.64. The number of nitrogens with zero attached hydrogens (tertiary/aromatic N) is 5. The van der Waals surface area contributed by atoms with E-state index in [2.05, 4.69) is 37.7 Å². The summed E-state index contributed by atoms with van der Waals surface area (Å²) in [7, 11) is 1.72. The van der Waals surface area contributed by atoms with Crippen molar-refractivity contribution in [1.29, 1.82) is 0 Å². The Bertz CT molecular complexity index is 1090. The topological polar surface area (TPSA) is 110 Å². The third kappa shape index (κ3) is 4.28. The van der Waals surface area contributed by atoms with Gasteiger partial charge in [0.1, 0.15) is 6.54 Å². The highest BCUT2D eigenvalue weighted by atomic mass is 16.3. The number of fused-ring (bicyclic) bond motifs is 6. The van der Waals surface area contributed by atoms with Crippen LogP contribution in [0.4, 0.5) is 5.69 Å². The van der Waals surface area contributed by atoms with Crippen LogP contribution >= 0.6 is 0 Å². The van der Waals surface area contributed by atoms with E-state index in [0.717, 1.165) is 12.0 Å². The second-order valence-corrected chi connectivity index (χ2v) is 6.70. The molecule has 3 N–H and O–H groups in total. The zero-order chi connectivity index (χ0) is 20.2. The Kier molecular flexibility index (Phi) is 5.27. The maximum absolute atomic E-state index is 12.5. The monoisotopic (exact) mass is 391 g/mol. The molecular formula is C20H21N7O2. The first-order chi connectivity index (χ1) is 14.1. The number of aliphatic hydroxyl groups excluding tert-OH is 1. The lowest BCUT2D eigenvalue weighted by Crippen LogP contribution is -2.26. The molecule has 3 aromatic heterocycles. The van der Waals surface area contributed by atoms with Crippen LogP contribution in [0.15, 0.2) is 36.8 Å². The first kappa shape index (κ1) is 18.7. The number of carbonyl (C=O) groups is 1. The lowest BCUT2D eigenvalue weighted by atomic mass is 10.2. The summed E-state index contributed by atoms with van der Waals surface area (Å²) >= 11 is 0. The molecule has 1 aliphatic heterocycles.